The van der Waals surface area contributed by atoms with E-state index in [1.807, 2.05) is 0 Å². The van der Waals surface area contributed by atoms with Crippen molar-refractivity contribution in [2.24, 2.45) is 5.10 Å². The van der Waals surface area contributed by atoms with Crippen molar-refractivity contribution in [1.82, 2.24) is 5.43 Å². The van der Waals surface area contributed by atoms with Gasteiger partial charge in [0.05, 0.1) is 11.1 Å². The molecule has 0 fully saturated rings. The van der Waals surface area contributed by atoms with Gasteiger partial charge in [0.1, 0.15) is 19.0 Å². The number of carbonyl (C=O) groups excluding carboxylic acids is 1. The van der Waals surface area contributed by atoms with Gasteiger partial charge in [-0.2, -0.15) is 5.10 Å². The summed E-state index contributed by atoms with van der Waals surface area (Å²) >= 11 is 0. The van der Waals surface area contributed by atoms with Gasteiger partial charge in [0.15, 0.2) is 0 Å². The second-order valence-corrected chi connectivity index (χ2v) is 4.73. The number of rotatable bonds is 7. The van der Waals surface area contributed by atoms with Crippen molar-refractivity contribution in [1.29, 1.82) is 0 Å². The van der Waals surface area contributed by atoms with E-state index in [9.17, 15) is 14.9 Å². The first-order valence-corrected chi connectivity index (χ1v) is 6.97. The zero-order valence-corrected chi connectivity index (χ0v) is 12.6. The predicted octanol–water partition coefficient (Wildman–Crippen LogP) is 1.62. The Kier molecular flexibility index (Phi) is 5.98. The summed E-state index contributed by atoms with van der Waals surface area (Å²) in [4.78, 5) is 20.9. The Balaban J connectivity index is 1.87. The number of nitro groups is 1. The Hall–Kier alpha value is -3.26. The van der Waals surface area contributed by atoms with Crippen LogP contribution >= 0.6 is 0 Å². The van der Waals surface area contributed by atoms with Crippen LogP contribution < -0.4 is 10.2 Å². The maximum Gasteiger partial charge on any atom is 0.269 e. The third-order valence-electron chi connectivity index (χ3n) is 2.98. The summed E-state index contributed by atoms with van der Waals surface area (Å²) in [5.41, 5.74) is 3.76. The molecule has 0 saturated carbocycles. The van der Waals surface area contributed by atoms with Crippen LogP contribution in [0.4, 0.5) is 5.69 Å². The lowest BCUT2D eigenvalue weighted by molar-refractivity contribution is -0.384. The standard InChI is InChI=1S/C16H15N3O5/c20-10-16(21)18-17-9-12-3-7-15(8-4-12)24-11-13-1-5-14(6-2-13)19(22)23/h1-9,20H,10-11H2,(H,18,21). The monoisotopic (exact) mass is 329 g/mol. The average molecular weight is 329 g/mol. The van der Waals surface area contributed by atoms with E-state index >= 15 is 0 Å². The molecule has 2 aromatic carbocycles. The summed E-state index contributed by atoms with van der Waals surface area (Å²) in [6, 6.07) is 13.1. The zero-order valence-electron chi connectivity index (χ0n) is 12.6. The summed E-state index contributed by atoms with van der Waals surface area (Å²) in [5.74, 6) is 0.0409. The summed E-state index contributed by atoms with van der Waals surface area (Å²) in [6.45, 7) is -0.329. The molecule has 0 heterocycles. The van der Waals surface area contributed by atoms with Crippen molar-refractivity contribution in [3.05, 3.63) is 69.8 Å². The van der Waals surface area contributed by atoms with Crippen molar-refractivity contribution < 1.29 is 19.6 Å². The molecule has 0 atom stereocenters. The quantitative estimate of drug-likeness (QED) is 0.455. The lowest BCUT2D eigenvalue weighted by Crippen LogP contribution is -2.20. The number of ether oxygens (including phenoxy) is 1. The number of non-ortho nitro benzene ring substituents is 1. The second-order valence-electron chi connectivity index (χ2n) is 4.73. The third kappa shape index (κ3) is 5.18. The molecule has 124 valence electrons. The Bertz CT molecular complexity index is 726. The van der Waals surface area contributed by atoms with Crippen molar-refractivity contribution in [2.45, 2.75) is 6.61 Å². The normalized spacial score (nSPS) is 10.5. The van der Waals surface area contributed by atoms with Gasteiger partial charge in [0.2, 0.25) is 0 Å². The maximum atomic E-state index is 10.8. The molecular weight excluding hydrogens is 314 g/mol. The minimum absolute atomic E-state index is 0.0377. The van der Waals surface area contributed by atoms with Crippen LogP contribution in [-0.2, 0) is 11.4 Å². The first kappa shape index (κ1) is 17.1. The number of amides is 1. The molecule has 2 N–H and O–H groups in total. The van der Waals surface area contributed by atoms with Crippen molar-refractivity contribution in [3.8, 4) is 5.75 Å². The zero-order chi connectivity index (χ0) is 17.4. The van der Waals surface area contributed by atoms with E-state index in [0.29, 0.717) is 5.75 Å². The fourth-order valence-corrected chi connectivity index (χ4v) is 1.74. The van der Waals surface area contributed by atoms with Gasteiger partial charge in [-0.05, 0) is 47.5 Å². The fourth-order valence-electron chi connectivity index (χ4n) is 1.74. The van der Waals surface area contributed by atoms with Crippen molar-refractivity contribution >= 4 is 17.8 Å². The van der Waals surface area contributed by atoms with Gasteiger partial charge in [-0.3, -0.25) is 14.9 Å². The van der Waals surface area contributed by atoms with Gasteiger partial charge in [0, 0.05) is 12.1 Å². The molecule has 0 unspecified atom stereocenters. The van der Waals surface area contributed by atoms with Crippen LogP contribution in [0.5, 0.6) is 5.75 Å². The minimum atomic E-state index is -0.618. The number of hydrazone groups is 1. The Morgan fingerprint density at radius 2 is 1.88 bits per heavy atom. The maximum absolute atomic E-state index is 10.8. The molecule has 0 bridgehead atoms. The molecule has 0 aromatic heterocycles. The predicted molar refractivity (Wildman–Crippen MR) is 86.7 cm³/mol. The Labute approximate surface area is 137 Å². The molecule has 8 heteroatoms. The molecule has 0 spiro atoms. The highest BCUT2D eigenvalue weighted by Crippen LogP contribution is 2.16. The van der Waals surface area contributed by atoms with Crippen LogP contribution in [0.15, 0.2) is 53.6 Å². The number of nitrogens with one attached hydrogen (secondary N) is 1. The fraction of sp³-hybridized carbons (Fsp3) is 0.125. The highest BCUT2D eigenvalue weighted by molar-refractivity contribution is 5.82. The van der Waals surface area contributed by atoms with Crippen LogP contribution in [0.3, 0.4) is 0 Å². The summed E-state index contributed by atoms with van der Waals surface area (Å²) in [5, 5.41) is 22.8. The number of hydrogen-bond acceptors (Lipinski definition) is 6. The van der Waals surface area contributed by atoms with Gasteiger partial charge in [0.25, 0.3) is 11.6 Å². The van der Waals surface area contributed by atoms with Gasteiger partial charge in [-0.25, -0.2) is 5.43 Å². The van der Waals surface area contributed by atoms with Crippen molar-refractivity contribution in [3.63, 3.8) is 0 Å². The van der Waals surface area contributed by atoms with Crippen LogP contribution in [0, 0.1) is 10.1 Å². The minimum Gasteiger partial charge on any atom is -0.489 e. The highest BCUT2D eigenvalue weighted by atomic mass is 16.6. The van der Waals surface area contributed by atoms with Crippen LogP contribution in [-0.4, -0.2) is 28.8 Å². The first-order chi connectivity index (χ1) is 11.6. The number of nitro benzene ring substituents is 1. The highest BCUT2D eigenvalue weighted by Gasteiger charge is 2.04. The lowest BCUT2D eigenvalue weighted by atomic mass is 10.2. The van der Waals surface area contributed by atoms with E-state index in [-0.39, 0.29) is 12.3 Å². The molecular formula is C16H15N3O5. The Morgan fingerprint density at radius 3 is 2.46 bits per heavy atom. The lowest BCUT2D eigenvalue weighted by Gasteiger charge is -2.06. The van der Waals surface area contributed by atoms with Crippen LogP contribution in [0.2, 0.25) is 0 Å². The van der Waals surface area contributed by atoms with Gasteiger partial charge >= 0.3 is 0 Å². The molecule has 2 aromatic rings. The number of benzene rings is 2. The SMILES string of the molecule is O=C(CO)NN=Cc1ccc(OCc2ccc([N+](=O)[O-])cc2)cc1. The second kappa shape index (κ2) is 8.39. The summed E-state index contributed by atoms with van der Waals surface area (Å²) in [6.07, 6.45) is 1.44. The molecule has 24 heavy (non-hydrogen) atoms. The molecule has 0 saturated heterocycles. The third-order valence-corrected chi connectivity index (χ3v) is 2.98. The van der Waals surface area contributed by atoms with Crippen molar-refractivity contribution in [2.75, 3.05) is 6.61 Å². The molecule has 2 rings (SSSR count). The molecule has 1 amide bonds. The molecule has 0 aliphatic rings. The number of aliphatic hydroxyl groups is 1. The molecule has 8 nitrogen and oxygen atoms in total. The van der Waals surface area contributed by atoms with Gasteiger partial charge in [-0.1, -0.05) is 0 Å². The largest absolute Gasteiger partial charge is 0.489 e. The summed E-state index contributed by atoms with van der Waals surface area (Å²) < 4.78 is 5.59. The van der Waals surface area contributed by atoms with E-state index in [1.165, 1.54) is 18.3 Å². The van der Waals surface area contributed by atoms with Gasteiger partial charge in [-0.15, -0.1) is 0 Å². The number of nitrogens with zero attached hydrogens (tertiary/aromatic N) is 2. The molecule has 0 aliphatic heterocycles. The first-order valence-electron chi connectivity index (χ1n) is 6.97. The van der Waals surface area contributed by atoms with Gasteiger partial charge < -0.3 is 9.84 Å². The van der Waals surface area contributed by atoms with Crippen LogP contribution in [0.25, 0.3) is 0 Å². The smallest absolute Gasteiger partial charge is 0.269 e. The Morgan fingerprint density at radius 1 is 1.21 bits per heavy atom. The van der Waals surface area contributed by atoms with E-state index in [0.717, 1.165) is 11.1 Å². The number of aliphatic hydroxyl groups excluding tert-OH is 1. The van der Waals surface area contributed by atoms with Crippen LogP contribution in [0.1, 0.15) is 11.1 Å². The molecule has 0 radical (unpaired) electrons. The number of hydrogen-bond donors (Lipinski definition) is 2. The topological polar surface area (TPSA) is 114 Å². The van der Waals surface area contributed by atoms with E-state index in [2.05, 4.69) is 10.5 Å². The molecule has 0 aliphatic carbocycles. The van der Waals surface area contributed by atoms with E-state index < -0.39 is 17.4 Å². The summed E-state index contributed by atoms with van der Waals surface area (Å²) in [7, 11) is 0. The number of carbonyl (C=O) groups is 1. The van der Waals surface area contributed by atoms with E-state index in [4.69, 9.17) is 9.84 Å². The average Bonchev–Trinajstić information content (AvgIpc) is 2.61. The van der Waals surface area contributed by atoms with E-state index in [1.54, 1.807) is 36.4 Å².